The lowest BCUT2D eigenvalue weighted by Gasteiger charge is -2.16. The Labute approximate surface area is 145 Å². The van der Waals surface area contributed by atoms with Gasteiger partial charge in [0, 0.05) is 5.02 Å². The quantitative estimate of drug-likeness (QED) is 0.802. The van der Waals surface area contributed by atoms with Crippen molar-refractivity contribution >= 4 is 29.2 Å². The van der Waals surface area contributed by atoms with E-state index in [1.807, 2.05) is 6.07 Å². The van der Waals surface area contributed by atoms with Gasteiger partial charge in [0.2, 0.25) is 5.91 Å². The Morgan fingerprint density at radius 3 is 2.62 bits per heavy atom. The summed E-state index contributed by atoms with van der Waals surface area (Å²) < 4.78 is 5.19. The van der Waals surface area contributed by atoms with Crippen LogP contribution in [0.15, 0.2) is 48.5 Å². The number of para-hydroxylation sites is 2. The first-order valence-electron chi connectivity index (χ1n) is 7.39. The highest BCUT2D eigenvalue weighted by Gasteiger charge is 2.23. The maximum atomic E-state index is 12.5. The molecule has 5 nitrogen and oxygen atoms in total. The summed E-state index contributed by atoms with van der Waals surface area (Å²) >= 11 is 5.95. The Kier molecular flexibility index (Phi) is 6.21. The molecular weight excluding hydrogens is 330 g/mol. The lowest BCUT2D eigenvalue weighted by Crippen LogP contribution is -2.27. The minimum Gasteiger partial charge on any atom is -0.495 e. The van der Waals surface area contributed by atoms with Gasteiger partial charge in [-0.2, -0.15) is 0 Å². The second-order valence-electron chi connectivity index (χ2n) is 5.32. The Morgan fingerprint density at radius 1 is 1.21 bits per heavy atom. The van der Waals surface area contributed by atoms with Crippen LogP contribution < -0.4 is 10.1 Å². The van der Waals surface area contributed by atoms with E-state index < -0.39 is 11.9 Å². The van der Waals surface area contributed by atoms with E-state index in [4.69, 9.17) is 21.4 Å². The average molecular weight is 348 g/mol. The summed E-state index contributed by atoms with van der Waals surface area (Å²) in [7, 11) is 1.51. The molecule has 0 saturated heterocycles. The van der Waals surface area contributed by atoms with Crippen LogP contribution in [-0.4, -0.2) is 24.1 Å². The van der Waals surface area contributed by atoms with Gasteiger partial charge < -0.3 is 15.2 Å². The molecule has 2 rings (SSSR count). The molecule has 0 spiro atoms. The first-order valence-corrected chi connectivity index (χ1v) is 7.77. The van der Waals surface area contributed by atoms with Crippen molar-refractivity contribution in [2.45, 2.75) is 12.8 Å². The Balaban J connectivity index is 2.17. The molecule has 126 valence electrons. The second-order valence-corrected chi connectivity index (χ2v) is 5.75. The van der Waals surface area contributed by atoms with Crippen molar-refractivity contribution < 1.29 is 19.4 Å². The Hall–Kier alpha value is -2.53. The fraction of sp³-hybridized carbons (Fsp3) is 0.222. The molecule has 2 aromatic rings. The van der Waals surface area contributed by atoms with Crippen molar-refractivity contribution in [1.82, 2.24) is 0 Å². The Bertz CT molecular complexity index is 732. The lowest BCUT2D eigenvalue weighted by molar-refractivity contribution is -0.140. The van der Waals surface area contributed by atoms with Crippen LogP contribution in [0.2, 0.25) is 5.02 Å². The van der Waals surface area contributed by atoms with E-state index >= 15 is 0 Å². The molecule has 2 N–H and O–H groups in total. The SMILES string of the molecule is COc1ccccc1NC(=O)C(CC(=O)O)Cc1cccc(Cl)c1. The topological polar surface area (TPSA) is 75.6 Å². The summed E-state index contributed by atoms with van der Waals surface area (Å²) in [4.78, 5) is 23.7. The molecular formula is C18H18ClNO4. The van der Waals surface area contributed by atoms with Crippen molar-refractivity contribution in [2.24, 2.45) is 5.92 Å². The predicted octanol–water partition coefficient (Wildman–Crippen LogP) is 3.62. The molecule has 0 bridgehead atoms. The zero-order chi connectivity index (χ0) is 17.5. The average Bonchev–Trinajstić information content (AvgIpc) is 2.54. The normalized spacial score (nSPS) is 11.6. The van der Waals surface area contributed by atoms with E-state index in [1.54, 1.807) is 42.5 Å². The summed E-state index contributed by atoms with van der Waals surface area (Å²) in [5, 5.41) is 12.4. The van der Waals surface area contributed by atoms with E-state index in [-0.39, 0.29) is 18.7 Å². The number of carboxylic acids is 1. The summed E-state index contributed by atoms with van der Waals surface area (Å²) in [6.45, 7) is 0. The van der Waals surface area contributed by atoms with Gasteiger partial charge in [0.05, 0.1) is 25.1 Å². The molecule has 1 amide bonds. The summed E-state index contributed by atoms with van der Waals surface area (Å²) in [5.41, 5.74) is 1.32. The van der Waals surface area contributed by atoms with E-state index in [9.17, 15) is 9.59 Å². The highest BCUT2D eigenvalue weighted by Crippen LogP contribution is 2.25. The Morgan fingerprint density at radius 2 is 1.96 bits per heavy atom. The zero-order valence-electron chi connectivity index (χ0n) is 13.2. The van der Waals surface area contributed by atoms with Gasteiger partial charge in [-0.3, -0.25) is 9.59 Å². The van der Waals surface area contributed by atoms with Gasteiger partial charge >= 0.3 is 5.97 Å². The molecule has 0 aliphatic heterocycles. The van der Waals surface area contributed by atoms with Crippen molar-refractivity contribution in [3.05, 3.63) is 59.1 Å². The molecule has 6 heteroatoms. The highest BCUT2D eigenvalue weighted by atomic mass is 35.5. The predicted molar refractivity (Wildman–Crippen MR) is 92.5 cm³/mol. The lowest BCUT2D eigenvalue weighted by atomic mass is 9.95. The standard InChI is InChI=1S/C18H18ClNO4/c1-24-16-8-3-2-7-15(16)20-18(23)13(11-17(21)22)9-12-5-4-6-14(19)10-12/h2-8,10,13H,9,11H2,1H3,(H,20,23)(H,21,22). The number of halogens is 1. The number of hydrogen-bond acceptors (Lipinski definition) is 3. The van der Waals surface area contributed by atoms with E-state index in [2.05, 4.69) is 5.32 Å². The second kappa shape index (κ2) is 8.36. The molecule has 2 aromatic carbocycles. The van der Waals surface area contributed by atoms with Crippen molar-refractivity contribution in [1.29, 1.82) is 0 Å². The number of rotatable bonds is 7. The summed E-state index contributed by atoms with van der Waals surface area (Å²) in [5.74, 6) is -1.60. The third-order valence-electron chi connectivity index (χ3n) is 3.53. The van der Waals surface area contributed by atoms with Crippen molar-refractivity contribution in [3.8, 4) is 5.75 Å². The smallest absolute Gasteiger partial charge is 0.304 e. The van der Waals surface area contributed by atoms with Crippen molar-refractivity contribution in [3.63, 3.8) is 0 Å². The summed E-state index contributed by atoms with van der Waals surface area (Å²) in [6.07, 6.45) is 0.0152. The van der Waals surface area contributed by atoms with Crippen LogP contribution in [0.4, 0.5) is 5.69 Å². The van der Waals surface area contributed by atoms with Gasteiger partial charge in [-0.1, -0.05) is 35.9 Å². The largest absolute Gasteiger partial charge is 0.495 e. The molecule has 1 unspecified atom stereocenters. The number of carbonyl (C=O) groups is 2. The summed E-state index contributed by atoms with van der Waals surface area (Å²) in [6, 6.07) is 14.0. The van der Waals surface area contributed by atoms with E-state index in [0.29, 0.717) is 16.5 Å². The molecule has 0 saturated carbocycles. The van der Waals surface area contributed by atoms with Gasteiger partial charge in [0.15, 0.2) is 0 Å². The third kappa shape index (κ3) is 4.99. The highest BCUT2D eigenvalue weighted by molar-refractivity contribution is 6.30. The van der Waals surface area contributed by atoms with E-state index in [0.717, 1.165) is 5.56 Å². The number of carbonyl (C=O) groups excluding carboxylic acids is 1. The van der Waals surface area contributed by atoms with Gasteiger partial charge in [-0.05, 0) is 36.2 Å². The number of methoxy groups -OCH3 is 1. The van der Waals surface area contributed by atoms with E-state index in [1.165, 1.54) is 7.11 Å². The molecule has 0 fully saturated rings. The van der Waals surface area contributed by atoms with Crippen LogP contribution in [-0.2, 0) is 16.0 Å². The number of amides is 1. The van der Waals surface area contributed by atoms with Gasteiger partial charge in [0.25, 0.3) is 0 Å². The molecule has 0 aliphatic carbocycles. The third-order valence-corrected chi connectivity index (χ3v) is 3.76. The van der Waals surface area contributed by atoms with Gasteiger partial charge in [-0.25, -0.2) is 0 Å². The number of ether oxygens (including phenoxy) is 1. The number of aliphatic carboxylic acids is 1. The number of hydrogen-bond donors (Lipinski definition) is 2. The fourth-order valence-corrected chi connectivity index (χ4v) is 2.61. The molecule has 0 heterocycles. The minimum atomic E-state index is -1.03. The van der Waals surface area contributed by atoms with Crippen molar-refractivity contribution in [2.75, 3.05) is 12.4 Å². The monoisotopic (exact) mass is 347 g/mol. The van der Waals surface area contributed by atoms with Crippen LogP contribution >= 0.6 is 11.6 Å². The minimum absolute atomic E-state index is 0.270. The molecule has 0 aliphatic rings. The first-order chi connectivity index (χ1) is 11.5. The van der Waals surface area contributed by atoms with Crippen LogP contribution in [0.3, 0.4) is 0 Å². The zero-order valence-corrected chi connectivity index (χ0v) is 13.9. The molecule has 24 heavy (non-hydrogen) atoms. The number of benzene rings is 2. The maximum absolute atomic E-state index is 12.5. The van der Waals surface area contributed by atoms with Crippen LogP contribution in [0.25, 0.3) is 0 Å². The van der Waals surface area contributed by atoms with Gasteiger partial charge in [0.1, 0.15) is 5.75 Å². The van der Waals surface area contributed by atoms with Crippen LogP contribution in [0.5, 0.6) is 5.75 Å². The molecule has 1 atom stereocenters. The number of carboxylic acid groups (broad SMARTS) is 1. The first kappa shape index (κ1) is 17.8. The number of nitrogens with one attached hydrogen (secondary N) is 1. The maximum Gasteiger partial charge on any atom is 0.304 e. The van der Waals surface area contributed by atoms with Crippen LogP contribution in [0.1, 0.15) is 12.0 Å². The number of anilines is 1. The molecule has 0 aromatic heterocycles. The molecule has 0 radical (unpaired) electrons. The van der Waals surface area contributed by atoms with Crippen LogP contribution in [0, 0.1) is 5.92 Å². The fourth-order valence-electron chi connectivity index (χ4n) is 2.40. The van der Waals surface area contributed by atoms with Gasteiger partial charge in [-0.15, -0.1) is 0 Å².